The monoisotopic (exact) mass is 396 g/mol. The predicted octanol–water partition coefficient (Wildman–Crippen LogP) is 1.77. The number of hydrogen-bond donors (Lipinski definition) is 3. The molecular weight excluding hydrogens is 368 g/mol. The van der Waals surface area contributed by atoms with Crippen LogP contribution in [0.15, 0.2) is 24.3 Å². The van der Waals surface area contributed by atoms with Gasteiger partial charge in [0.15, 0.2) is 0 Å². The second kappa shape index (κ2) is 10.9. The molecule has 1 saturated heterocycles. The molecule has 2 rings (SSSR count). The van der Waals surface area contributed by atoms with Crippen LogP contribution in [0.3, 0.4) is 0 Å². The molecule has 0 spiro atoms. The summed E-state index contributed by atoms with van der Waals surface area (Å²) in [6, 6.07) is 7.00. The fourth-order valence-corrected chi connectivity index (χ4v) is 3.30. The Labute approximate surface area is 166 Å². The number of carbonyl (C=O) groups excluding carboxylic acids is 3. The van der Waals surface area contributed by atoms with Gasteiger partial charge in [-0.1, -0.05) is 26.0 Å². The zero-order chi connectivity index (χ0) is 19.1. The third kappa shape index (κ3) is 5.68. The second-order valence-corrected chi connectivity index (χ2v) is 6.50. The summed E-state index contributed by atoms with van der Waals surface area (Å²) in [4.78, 5) is 38.9. The number of likely N-dealkylation sites (tertiary alicyclic amines) is 1. The highest BCUT2D eigenvalue weighted by atomic mass is 35.5. The minimum Gasteiger partial charge on any atom is -0.351 e. The number of nitrogens with zero attached hydrogens (tertiary/aromatic N) is 1. The maximum Gasteiger partial charge on any atom is 0.253 e. The first-order valence-corrected chi connectivity index (χ1v) is 9.19. The molecule has 8 heteroatoms. The molecule has 1 fully saturated rings. The molecular formula is C19H29ClN4O3. The van der Waals surface area contributed by atoms with E-state index in [0.717, 1.165) is 12.8 Å². The van der Waals surface area contributed by atoms with Gasteiger partial charge in [0.2, 0.25) is 11.8 Å². The lowest BCUT2D eigenvalue weighted by molar-refractivity contribution is -0.130. The molecule has 4 N–H and O–H groups in total. The van der Waals surface area contributed by atoms with Crippen LogP contribution in [0.4, 0.5) is 5.69 Å². The van der Waals surface area contributed by atoms with Crippen LogP contribution in [0.5, 0.6) is 0 Å². The molecule has 1 aliphatic rings. The maximum absolute atomic E-state index is 12.7. The van der Waals surface area contributed by atoms with E-state index in [2.05, 4.69) is 10.6 Å². The summed E-state index contributed by atoms with van der Waals surface area (Å²) in [7, 11) is 0. The summed E-state index contributed by atoms with van der Waals surface area (Å²) < 4.78 is 0. The van der Waals surface area contributed by atoms with Gasteiger partial charge in [-0.05, 0) is 25.0 Å². The molecule has 0 bridgehead atoms. The number of anilines is 1. The molecule has 0 aromatic heterocycles. The van der Waals surface area contributed by atoms with E-state index < -0.39 is 5.92 Å². The SMILES string of the molecule is CCC(CC)N1CC(C(=O)Nc2ccccc2C(=O)NCCN)CC1=O.Cl. The number of nitrogens with two attached hydrogens (primary N) is 1. The lowest BCUT2D eigenvalue weighted by Gasteiger charge is -2.26. The van der Waals surface area contributed by atoms with Crippen molar-refractivity contribution >= 4 is 35.8 Å². The van der Waals surface area contributed by atoms with Crippen LogP contribution >= 0.6 is 12.4 Å². The molecule has 0 radical (unpaired) electrons. The molecule has 150 valence electrons. The van der Waals surface area contributed by atoms with Gasteiger partial charge in [0.25, 0.3) is 5.91 Å². The largest absolute Gasteiger partial charge is 0.351 e. The Morgan fingerprint density at radius 3 is 2.56 bits per heavy atom. The molecule has 1 atom stereocenters. The molecule has 1 aromatic carbocycles. The number of carbonyl (C=O) groups is 3. The Hall–Kier alpha value is -2.12. The number of rotatable bonds is 8. The molecule has 0 aliphatic carbocycles. The summed E-state index contributed by atoms with van der Waals surface area (Å²) in [6.07, 6.45) is 1.96. The Morgan fingerprint density at radius 2 is 1.93 bits per heavy atom. The number of nitrogens with one attached hydrogen (secondary N) is 2. The van der Waals surface area contributed by atoms with E-state index >= 15 is 0 Å². The lowest BCUT2D eigenvalue weighted by atomic mass is 10.1. The number of hydrogen-bond acceptors (Lipinski definition) is 4. The van der Waals surface area contributed by atoms with Crippen molar-refractivity contribution in [2.24, 2.45) is 11.7 Å². The highest BCUT2D eigenvalue weighted by molar-refractivity contribution is 6.05. The van der Waals surface area contributed by atoms with E-state index in [-0.39, 0.29) is 42.6 Å². The fraction of sp³-hybridized carbons (Fsp3) is 0.526. The number of halogens is 1. The van der Waals surface area contributed by atoms with Crippen molar-refractivity contribution in [3.8, 4) is 0 Å². The molecule has 7 nitrogen and oxygen atoms in total. The van der Waals surface area contributed by atoms with E-state index in [1.807, 2.05) is 18.7 Å². The third-order valence-electron chi connectivity index (χ3n) is 4.77. The summed E-state index contributed by atoms with van der Waals surface area (Å²) in [5, 5.41) is 5.51. The quantitative estimate of drug-likeness (QED) is 0.622. The van der Waals surface area contributed by atoms with Crippen molar-refractivity contribution < 1.29 is 14.4 Å². The maximum atomic E-state index is 12.7. The van der Waals surface area contributed by atoms with Crippen LogP contribution in [0, 0.1) is 5.92 Å². The molecule has 1 unspecified atom stereocenters. The van der Waals surface area contributed by atoms with Gasteiger partial charge in [-0.25, -0.2) is 0 Å². The molecule has 1 heterocycles. The van der Waals surface area contributed by atoms with Crippen LogP contribution in [0.1, 0.15) is 43.5 Å². The van der Waals surface area contributed by atoms with E-state index in [1.54, 1.807) is 24.3 Å². The Balaban J connectivity index is 0.00000364. The number of benzene rings is 1. The smallest absolute Gasteiger partial charge is 0.253 e. The highest BCUT2D eigenvalue weighted by Gasteiger charge is 2.37. The minimum absolute atomic E-state index is 0. The van der Waals surface area contributed by atoms with Crippen LogP contribution in [-0.2, 0) is 9.59 Å². The zero-order valence-corrected chi connectivity index (χ0v) is 16.7. The first-order valence-electron chi connectivity index (χ1n) is 9.19. The van der Waals surface area contributed by atoms with Gasteiger partial charge in [0, 0.05) is 32.1 Å². The molecule has 1 aliphatic heterocycles. The molecule has 1 aromatic rings. The van der Waals surface area contributed by atoms with Gasteiger partial charge in [-0.2, -0.15) is 0 Å². The van der Waals surface area contributed by atoms with E-state index in [1.165, 1.54) is 0 Å². The molecule has 3 amide bonds. The topological polar surface area (TPSA) is 105 Å². The predicted molar refractivity (Wildman–Crippen MR) is 108 cm³/mol. The van der Waals surface area contributed by atoms with Crippen molar-refractivity contribution in [1.29, 1.82) is 0 Å². The minimum atomic E-state index is -0.400. The summed E-state index contributed by atoms with van der Waals surface area (Å²) in [5.41, 5.74) is 6.24. The van der Waals surface area contributed by atoms with Gasteiger partial charge in [0.05, 0.1) is 17.2 Å². The van der Waals surface area contributed by atoms with Crippen molar-refractivity contribution in [1.82, 2.24) is 10.2 Å². The number of para-hydroxylation sites is 1. The normalized spacial score (nSPS) is 16.2. The summed E-state index contributed by atoms with van der Waals surface area (Å²) in [6.45, 7) is 5.23. The van der Waals surface area contributed by atoms with Gasteiger partial charge in [0.1, 0.15) is 0 Å². The third-order valence-corrected chi connectivity index (χ3v) is 4.77. The molecule has 0 saturated carbocycles. The standard InChI is InChI=1S/C19H28N4O3.ClH/c1-3-14(4-2)23-12-13(11-17(23)24)18(25)22-16-8-6-5-7-15(16)19(26)21-10-9-20;/h5-8,13-14H,3-4,9-12,20H2,1-2H3,(H,21,26)(H,22,25);1H. The van der Waals surface area contributed by atoms with Gasteiger partial charge in [-0.15, -0.1) is 12.4 Å². The first-order chi connectivity index (χ1) is 12.5. The fourth-order valence-electron chi connectivity index (χ4n) is 3.30. The number of amides is 3. The van der Waals surface area contributed by atoms with Crippen LogP contribution in [0.25, 0.3) is 0 Å². The van der Waals surface area contributed by atoms with Crippen molar-refractivity contribution in [2.75, 3.05) is 25.0 Å². The van der Waals surface area contributed by atoms with E-state index in [9.17, 15) is 14.4 Å². The second-order valence-electron chi connectivity index (χ2n) is 6.50. The average Bonchev–Trinajstić information content (AvgIpc) is 3.03. The van der Waals surface area contributed by atoms with Gasteiger partial charge < -0.3 is 21.3 Å². The first kappa shape index (κ1) is 22.9. The van der Waals surface area contributed by atoms with Crippen LogP contribution < -0.4 is 16.4 Å². The van der Waals surface area contributed by atoms with Crippen LogP contribution in [0.2, 0.25) is 0 Å². The van der Waals surface area contributed by atoms with Crippen molar-refractivity contribution in [2.45, 2.75) is 39.2 Å². The van der Waals surface area contributed by atoms with Gasteiger partial charge >= 0.3 is 0 Å². The summed E-state index contributed by atoms with van der Waals surface area (Å²) in [5.74, 6) is -0.894. The van der Waals surface area contributed by atoms with Crippen molar-refractivity contribution in [3.63, 3.8) is 0 Å². The Bertz CT molecular complexity index is 664. The highest BCUT2D eigenvalue weighted by Crippen LogP contribution is 2.25. The van der Waals surface area contributed by atoms with Crippen LogP contribution in [-0.4, -0.2) is 48.3 Å². The Morgan fingerprint density at radius 1 is 1.26 bits per heavy atom. The lowest BCUT2D eigenvalue weighted by Crippen LogP contribution is -2.36. The Kier molecular flexibility index (Phi) is 9.25. The van der Waals surface area contributed by atoms with E-state index in [4.69, 9.17) is 5.73 Å². The van der Waals surface area contributed by atoms with E-state index in [0.29, 0.717) is 30.9 Å². The zero-order valence-electron chi connectivity index (χ0n) is 15.9. The van der Waals surface area contributed by atoms with Crippen molar-refractivity contribution in [3.05, 3.63) is 29.8 Å². The van der Waals surface area contributed by atoms with Gasteiger partial charge in [-0.3, -0.25) is 14.4 Å². The summed E-state index contributed by atoms with van der Waals surface area (Å²) >= 11 is 0. The average molecular weight is 397 g/mol. The molecule has 27 heavy (non-hydrogen) atoms.